The summed E-state index contributed by atoms with van der Waals surface area (Å²) in [5, 5.41) is 4.99. The Labute approximate surface area is 70.7 Å². The molecule has 3 amide bonds. The van der Waals surface area contributed by atoms with Crippen LogP contribution in [0.1, 0.15) is 19.3 Å². The lowest BCUT2D eigenvalue weighted by Gasteiger charge is -2.25. The third-order valence-electron chi connectivity index (χ3n) is 1.92. The fraction of sp³-hybridized carbons (Fsp3) is 0.714. The Hall–Kier alpha value is -1.10. The second-order valence-corrected chi connectivity index (χ2v) is 2.92. The topological polar surface area (TPSA) is 84.2 Å². The number of hydrogen-bond donors (Lipinski definition) is 3. The molecule has 0 saturated heterocycles. The van der Waals surface area contributed by atoms with Gasteiger partial charge in [0.05, 0.1) is 6.54 Å². The minimum atomic E-state index is -0.796. The molecule has 0 bridgehead atoms. The van der Waals surface area contributed by atoms with Gasteiger partial charge in [0, 0.05) is 6.04 Å². The fourth-order valence-corrected chi connectivity index (χ4v) is 1.03. The van der Waals surface area contributed by atoms with E-state index in [9.17, 15) is 9.59 Å². The number of carbonyl (C=O) groups excluding carboxylic acids is 2. The first-order chi connectivity index (χ1) is 5.68. The predicted octanol–water partition coefficient (Wildman–Crippen LogP) is -0.677. The van der Waals surface area contributed by atoms with Crippen LogP contribution in [-0.2, 0) is 4.79 Å². The summed E-state index contributed by atoms with van der Waals surface area (Å²) in [4.78, 5) is 21.0. The van der Waals surface area contributed by atoms with E-state index in [1.165, 1.54) is 6.42 Å². The highest BCUT2D eigenvalue weighted by Gasteiger charge is 2.17. The van der Waals surface area contributed by atoms with Crippen molar-refractivity contribution in [3.8, 4) is 0 Å². The molecular formula is C7H13N3O2. The van der Waals surface area contributed by atoms with Crippen molar-refractivity contribution in [3.05, 3.63) is 0 Å². The molecule has 0 radical (unpaired) electrons. The van der Waals surface area contributed by atoms with Gasteiger partial charge in [0.1, 0.15) is 0 Å². The van der Waals surface area contributed by atoms with Crippen LogP contribution in [0.25, 0.3) is 0 Å². The Morgan fingerprint density at radius 3 is 2.50 bits per heavy atom. The molecule has 5 nitrogen and oxygen atoms in total. The monoisotopic (exact) mass is 171 g/mol. The second-order valence-electron chi connectivity index (χ2n) is 2.92. The summed E-state index contributed by atoms with van der Waals surface area (Å²) in [6.45, 7) is 0.174. The molecule has 5 heteroatoms. The molecule has 0 aromatic carbocycles. The third kappa shape index (κ3) is 2.87. The Morgan fingerprint density at radius 1 is 1.42 bits per heavy atom. The molecule has 0 unspecified atom stereocenters. The number of nitrogens with two attached hydrogens (primary N) is 1. The van der Waals surface area contributed by atoms with Crippen LogP contribution in [-0.4, -0.2) is 24.5 Å². The van der Waals surface area contributed by atoms with Crippen molar-refractivity contribution >= 4 is 11.9 Å². The zero-order valence-corrected chi connectivity index (χ0v) is 6.80. The van der Waals surface area contributed by atoms with Crippen molar-refractivity contribution in [2.45, 2.75) is 25.3 Å². The number of rotatable bonds is 3. The van der Waals surface area contributed by atoms with Crippen LogP contribution in [0.4, 0.5) is 4.79 Å². The molecule has 1 rings (SSSR count). The van der Waals surface area contributed by atoms with Crippen molar-refractivity contribution in [2.24, 2.45) is 5.73 Å². The van der Waals surface area contributed by atoms with Crippen molar-refractivity contribution < 1.29 is 9.59 Å². The maximum atomic E-state index is 10.8. The fourth-order valence-electron chi connectivity index (χ4n) is 1.03. The first kappa shape index (κ1) is 8.99. The summed E-state index contributed by atoms with van der Waals surface area (Å²) in [7, 11) is 0. The number of imide groups is 1. The molecule has 0 heterocycles. The molecule has 0 aliphatic heterocycles. The molecule has 68 valence electrons. The summed E-state index contributed by atoms with van der Waals surface area (Å²) in [6.07, 6.45) is 3.45. The van der Waals surface area contributed by atoms with Gasteiger partial charge in [-0.05, 0) is 12.8 Å². The molecule has 0 aromatic rings. The smallest absolute Gasteiger partial charge is 0.318 e. The first-order valence-electron chi connectivity index (χ1n) is 4.01. The molecule has 0 spiro atoms. The maximum absolute atomic E-state index is 10.8. The van der Waals surface area contributed by atoms with Crippen LogP contribution in [0.5, 0.6) is 0 Å². The summed E-state index contributed by atoms with van der Waals surface area (Å²) < 4.78 is 0. The molecule has 12 heavy (non-hydrogen) atoms. The third-order valence-corrected chi connectivity index (χ3v) is 1.92. The van der Waals surface area contributed by atoms with Gasteiger partial charge >= 0.3 is 6.03 Å². The molecule has 1 aliphatic carbocycles. The van der Waals surface area contributed by atoms with Gasteiger partial charge in [-0.3, -0.25) is 10.1 Å². The molecule has 0 atom stereocenters. The van der Waals surface area contributed by atoms with Gasteiger partial charge in [-0.15, -0.1) is 0 Å². The van der Waals surface area contributed by atoms with E-state index in [1.807, 2.05) is 5.32 Å². The molecule has 1 saturated carbocycles. The quantitative estimate of drug-likeness (QED) is 0.526. The van der Waals surface area contributed by atoms with E-state index in [2.05, 4.69) is 5.32 Å². The Bertz CT molecular complexity index is 189. The number of carbonyl (C=O) groups is 2. The van der Waals surface area contributed by atoms with Crippen LogP contribution >= 0.6 is 0 Å². The van der Waals surface area contributed by atoms with E-state index in [-0.39, 0.29) is 12.5 Å². The van der Waals surface area contributed by atoms with Gasteiger partial charge in [0.25, 0.3) is 0 Å². The number of nitrogens with one attached hydrogen (secondary N) is 2. The summed E-state index contributed by atoms with van der Waals surface area (Å²) in [6, 6.07) is -0.348. The standard InChI is InChI=1S/C7H13N3O2/c8-7(12)10-6(11)4-9-5-2-1-3-5/h5,9H,1-4H2,(H3,8,10,11,12). The molecule has 1 fully saturated rings. The van der Waals surface area contributed by atoms with Crippen LogP contribution < -0.4 is 16.4 Å². The van der Waals surface area contributed by atoms with Gasteiger partial charge < -0.3 is 11.1 Å². The van der Waals surface area contributed by atoms with Gasteiger partial charge in [-0.1, -0.05) is 6.42 Å². The zero-order chi connectivity index (χ0) is 8.97. The summed E-state index contributed by atoms with van der Waals surface area (Å²) in [5.41, 5.74) is 4.75. The minimum absolute atomic E-state index is 0.174. The van der Waals surface area contributed by atoms with E-state index >= 15 is 0 Å². The van der Waals surface area contributed by atoms with Crippen LogP contribution in [0.2, 0.25) is 0 Å². The number of urea groups is 1. The van der Waals surface area contributed by atoms with Crippen LogP contribution in [0.15, 0.2) is 0 Å². The average molecular weight is 171 g/mol. The van der Waals surface area contributed by atoms with Gasteiger partial charge in [-0.25, -0.2) is 4.79 Å². The molecule has 4 N–H and O–H groups in total. The summed E-state index contributed by atoms with van der Waals surface area (Å²) in [5.74, 6) is -0.366. The second kappa shape index (κ2) is 4.06. The highest BCUT2D eigenvalue weighted by molar-refractivity contribution is 5.94. The molecular weight excluding hydrogens is 158 g/mol. The van der Waals surface area contributed by atoms with Gasteiger partial charge in [-0.2, -0.15) is 0 Å². The van der Waals surface area contributed by atoms with Crippen molar-refractivity contribution in [1.29, 1.82) is 0 Å². The molecule has 1 aliphatic rings. The van der Waals surface area contributed by atoms with Crippen molar-refractivity contribution in [3.63, 3.8) is 0 Å². The largest absolute Gasteiger partial charge is 0.351 e. The first-order valence-corrected chi connectivity index (χ1v) is 4.01. The van der Waals surface area contributed by atoms with E-state index in [4.69, 9.17) is 5.73 Å². The van der Waals surface area contributed by atoms with Gasteiger partial charge in [0.2, 0.25) is 5.91 Å². The minimum Gasteiger partial charge on any atom is -0.351 e. The normalized spacial score (nSPS) is 16.7. The Morgan fingerprint density at radius 2 is 2.08 bits per heavy atom. The zero-order valence-electron chi connectivity index (χ0n) is 6.80. The average Bonchev–Trinajstić information content (AvgIpc) is 1.81. The van der Waals surface area contributed by atoms with Crippen molar-refractivity contribution in [2.75, 3.05) is 6.54 Å². The highest BCUT2D eigenvalue weighted by atomic mass is 16.2. The lowest BCUT2D eigenvalue weighted by Crippen LogP contribution is -2.45. The Kier molecular flexibility index (Phi) is 3.04. The lowest BCUT2D eigenvalue weighted by atomic mass is 9.93. The number of amides is 3. The SMILES string of the molecule is NC(=O)NC(=O)CNC1CCC1. The van der Waals surface area contributed by atoms with Crippen molar-refractivity contribution in [1.82, 2.24) is 10.6 Å². The highest BCUT2D eigenvalue weighted by Crippen LogP contribution is 2.17. The Balaban J connectivity index is 2.05. The number of primary amides is 1. The lowest BCUT2D eigenvalue weighted by molar-refractivity contribution is -0.119. The van der Waals surface area contributed by atoms with E-state index in [1.54, 1.807) is 0 Å². The van der Waals surface area contributed by atoms with Crippen LogP contribution in [0, 0.1) is 0 Å². The van der Waals surface area contributed by atoms with E-state index in [0.717, 1.165) is 12.8 Å². The predicted molar refractivity (Wildman–Crippen MR) is 43.4 cm³/mol. The van der Waals surface area contributed by atoms with Gasteiger partial charge in [0.15, 0.2) is 0 Å². The van der Waals surface area contributed by atoms with E-state index in [0.29, 0.717) is 6.04 Å². The molecule has 0 aromatic heterocycles. The van der Waals surface area contributed by atoms with E-state index < -0.39 is 6.03 Å². The number of hydrogen-bond acceptors (Lipinski definition) is 3. The summed E-state index contributed by atoms with van der Waals surface area (Å²) >= 11 is 0. The van der Waals surface area contributed by atoms with Crippen LogP contribution in [0.3, 0.4) is 0 Å². The maximum Gasteiger partial charge on any atom is 0.318 e.